The largest absolute Gasteiger partial charge is 0.481 e. The van der Waals surface area contributed by atoms with E-state index in [1.54, 1.807) is 6.92 Å². The molecule has 0 aliphatic heterocycles. The summed E-state index contributed by atoms with van der Waals surface area (Å²) in [6.07, 6.45) is 1.21. The molecule has 0 aliphatic rings. The van der Waals surface area contributed by atoms with Gasteiger partial charge in [0.05, 0.1) is 13.7 Å². The van der Waals surface area contributed by atoms with Crippen LogP contribution in [0.1, 0.15) is 6.92 Å². The number of esters is 1. The molecule has 0 saturated heterocycles. The number of hydrogen-bond donors (Lipinski definition) is 1. The van der Waals surface area contributed by atoms with E-state index in [1.165, 1.54) is 19.5 Å². The normalized spacial score (nSPS) is 9.38. The van der Waals surface area contributed by atoms with E-state index >= 15 is 0 Å². The van der Waals surface area contributed by atoms with E-state index < -0.39 is 11.9 Å². The molecule has 86 valence electrons. The first-order valence-electron chi connectivity index (χ1n) is 4.51. The van der Waals surface area contributed by atoms with Crippen LogP contribution in [0.15, 0.2) is 12.4 Å². The zero-order valence-corrected chi connectivity index (χ0v) is 8.89. The van der Waals surface area contributed by atoms with Crippen molar-refractivity contribution in [3.05, 3.63) is 12.4 Å². The smallest absolute Gasteiger partial charge is 0.397 e. The van der Waals surface area contributed by atoms with Crippen LogP contribution in [-0.2, 0) is 14.3 Å². The van der Waals surface area contributed by atoms with Crippen molar-refractivity contribution in [2.45, 2.75) is 6.92 Å². The van der Waals surface area contributed by atoms with Crippen molar-refractivity contribution in [2.24, 2.45) is 0 Å². The van der Waals surface area contributed by atoms with Crippen molar-refractivity contribution in [1.29, 1.82) is 0 Å². The monoisotopic (exact) mass is 225 g/mol. The molecule has 1 N–H and O–H groups in total. The maximum absolute atomic E-state index is 11.2. The second-order valence-electron chi connectivity index (χ2n) is 2.62. The first-order valence-corrected chi connectivity index (χ1v) is 4.51. The van der Waals surface area contributed by atoms with E-state index in [4.69, 9.17) is 4.74 Å². The van der Waals surface area contributed by atoms with Crippen LogP contribution in [0.5, 0.6) is 5.88 Å². The number of rotatable bonds is 3. The van der Waals surface area contributed by atoms with Crippen molar-refractivity contribution in [2.75, 3.05) is 19.0 Å². The minimum absolute atomic E-state index is 0.138. The number of nitrogens with zero attached hydrogens (tertiary/aromatic N) is 2. The third-order valence-electron chi connectivity index (χ3n) is 1.55. The van der Waals surface area contributed by atoms with E-state index in [0.717, 1.165) is 0 Å². The number of ether oxygens (including phenoxy) is 2. The highest BCUT2D eigenvalue weighted by atomic mass is 16.5. The molecule has 7 nitrogen and oxygen atoms in total. The van der Waals surface area contributed by atoms with Gasteiger partial charge in [-0.05, 0) is 6.92 Å². The SMILES string of the molecule is CCOC(=O)C(=O)Nc1cc(OC)ncn1. The van der Waals surface area contributed by atoms with Crippen LogP contribution in [0.3, 0.4) is 0 Å². The van der Waals surface area contributed by atoms with E-state index in [-0.39, 0.29) is 18.3 Å². The van der Waals surface area contributed by atoms with Crippen molar-refractivity contribution in [1.82, 2.24) is 9.97 Å². The average molecular weight is 225 g/mol. The lowest BCUT2D eigenvalue weighted by atomic mass is 10.5. The number of anilines is 1. The quantitative estimate of drug-likeness (QED) is 0.574. The highest BCUT2D eigenvalue weighted by Crippen LogP contribution is 2.09. The van der Waals surface area contributed by atoms with Crippen LogP contribution in [0.25, 0.3) is 0 Å². The van der Waals surface area contributed by atoms with Crippen LogP contribution in [0, 0.1) is 0 Å². The summed E-state index contributed by atoms with van der Waals surface area (Å²) in [7, 11) is 1.43. The second-order valence-corrected chi connectivity index (χ2v) is 2.62. The summed E-state index contributed by atoms with van der Waals surface area (Å²) < 4.78 is 9.33. The van der Waals surface area contributed by atoms with Gasteiger partial charge in [0.1, 0.15) is 12.1 Å². The van der Waals surface area contributed by atoms with Crippen LogP contribution in [0.4, 0.5) is 5.82 Å². The Labute approximate surface area is 91.8 Å². The van der Waals surface area contributed by atoms with Gasteiger partial charge in [-0.2, -0.15) is 0 Å². The Hall–Kier alpha value is -2.18. The lowest BCUT2D eigenvalue weighted by Gasteiger charge is -2.04. The molecule has 0 bridgehead atoms. The number of nitrogens with one attached hydrogen (secondary N) is 1. The average Bonchev–Trinajstić information content (AvgIpc) is 2.29. The Bertz CT molecular complexity index is 394. The maximum atomic E-state index is 11.2. The fourth-order valence-corrected chi connectivity index (χ4v) is 0.883. The minimum Gasteiger partial charge on any atom is -0.481 e. The molecule has 0 saturated carbocycles. The number of aromatic nitrogens is 2. The molecule has 7 heteroatoms. The van der Waals surface area contributed by atoms with Gasteiger partial charge in [0.2, 0.25) is 5.88 Å². The lowest BCUT2D eigenvalue weighted by molar-refractivity contribution is -0.152. The Balaban J connectivity index is 2.65. The third kappa shape index (κ3) is 3.19. The Kier molecular flexibility index (Phi) is 4.19. The molecule has 1 aromatic rings. The van der Waals surface area contributed by atoms with E-state index in [1.807, 2.05) is 0 Å². The summed E-state index contributed by atoms with van der Waals surface area (Å²) in [6.45, 7) is 1.75. The van der Waals surface area contributed by atoms with Gasteiger partial charge in [-0.3, -0.25) is 4.79 Å². The number of hydrogen-bond acceptors (Lipinski definition) is 6. The number of carbonyl (C=O) groups is 2. The van der Waals surface area contributed by atoms with Crippen molar-refractivity contribution in [3.8, 4) is 5.88 Å². The highest BCUT2D eigenvalue weighted by molar-refractivity contribution is 6.37. The maximum Gasteiger partial charge on any atom is 0.397 e. The number of carbonyl (C=O) groups excluding carboxylic acids is 2. The molecule has 1 aromatic heterocycles. The van der Waals surface area contributed by atoms with E-state index in [9.17, 15) is 9.59 Å². The zero-order chi connectivity index (χ0) is 12.0. The topological polar surface area (TPSA) is 90.4 Å². The Morgan fingerprint density at radius 3 is 2.81 bits per heavy atom. The molecule has 0 radical (unpaired) electrons. The Morgan fingerprint density at radius 1 is 1.44 bits per heavy atom. The minimum atomic E-state index is -0.958. The fourth-order valence-electron chi connectivity index (χ4n) is 0.883. The molecular formula is C9H11N3O4. The molecular weight excluding hydrogens is 214 g/mol. The molecule has 1 amide bonds. The van der Waals surface area contributed by atoms with Gasteiger partial charge in [0, 0.05) is 6.07 Å². The molecule has 0 atom stereocenters. The second kappa shape index (κ2) is 5.64. The van der Waals surface area contributed by atoms with Crippen molar-refractivity contribution < 1.29 is 19.1 Å². The molecule has 1 heterocycles. The molecule has 16 heavy (non-hydrogen) atoms. The molecule has 0 unspecified atom stereocenters. The van der Waals surface area contributed by atoms with Crippen LogP contribution in [0.2, 0.25) is 0 Å². The fraction of sp³-hybridized carbons (Fsp3) is 0.333. The predicted octanol–water partition coefficient (Wildman–Crippen LogP) is -0.0132. The third-order valence-corrected chi connectivity index (χ3v) is 1.55. The lowest BCUT2D eigenvalue weighted by Crippen LogP contribution is -2.25. The van der Waals surface area contributed by atoms with Gasteiger partial charge < -0.3 is 14.8 Å². The molecule has 0 aromatic carbocycles. The number of methoxy groups -OCH3 is 1. The summed E-state index contributed by atoms with van der Waals surface area (Å²) >= 11 is 0. The van der Waals surface area contributed by atoms with Gasteiger partial charge in [-0.25, -0.2) is 14.8 Å². The van der Waals surface area contributed by atoms with Gasteiger partial charge in [-0.1, -0.05) is 0 Å². The predicted molar refractivity (Wildman–Crippen MR) is 53.8 cm³/mol. The summed E-state index contributed by atoms with van der Waals surface area (Å²) in [5, 5.41) is 2.26. The molecule has 0 spiro atoms. The first kappa shape index (κ1) is 11.9. The van der Waals surface area contributed by atoms with Gasteiger partial charge in [0.15, 0.2) is 0 Å². The van der Waals surface area contributed by atoms with Crippen molar-refractivity contribution >= 4 is 17.7 Å². The van der Waals surface area contributed by atoms with Gasteiger partial charge >= 0.3 is 11.9 Å². The first-order chi connectivity index (χ1) is 7.67. The summed E-state index contributed by atoms with van der Waals surface area (Å²) in [4.78, 5) is 29.7. The van der Waals surface area contributed by atoms with Crippen LogP contribution < -0.4 is 10.1 Å². The highest BCUT2D eigenvalue weighted by Gasteiger charge is 2.15. The molecule has 0 fully saturated rings. The van der Waals surface area contributed by atoms with Crippen LogP contribution >= 0.6 is 0 Å². The van der Waals surface area contributed by atoms with Crippen molar-refractivity contribution in [3.63, 3.8) is 0 Å². The summed E-state index contributed by atoms with van der Waals surface area (Å²) in [6, 6.07) is 1.39. The molecule has 0 aliphatic carbocycles. The van der Waals surface area contributed by atoms with Gasteiger partial charge in [0.25, 0.3) is 0 Å². The van der Waals surface area contributed by atoms with Crippen LogP contribution in [-0.4, -0.2) is 35.6 Å². The number of amides is 1. The summed E-state index contributed by atoms with van der Waals surface area (Å²) in [5.74, 6) is -1.39. The molecule has 1 rings (SSSR count). The van der Waals surface area contributed by atoms with E-state index in [0.29, 0.717) is 0 Å². The summed E-state index contributed by atoms with van der Waals surface area (Å²) in [5.41, 5.74) is 0. The van der Waals surface area contributed by atoms with E-state index in [2.05, 4.69) is 20.0 Å². The standard InChI is InChI=1S/C9H11N3O4/c1-3-16-9(14)8(13)12-6-4-7(15-2)11-5-10-6/h4-5H,3H2,1-2H3,(H,10,11,12,13). The Morgan fingerprint density at radius 2 is 2.19 bits per heavy atom. The van der Waals surface area contributed by atoms with Gasteiger partial charge in [-0.15, -0.1) is 0 Å². The zero-order valence-electron chi connectivity index (χ0n) is 8.89.